The van der Waals surface area contributed by atoms with E-state index in [1.165, 1.54) is 25.7 Å². The molecule has 1 aliphatic rings. The Morgan fingerprint density at radius 3 is 2.81 bits per heavy atom. The standard InChI is InChI=1S/C17H21N3O/c18-11-16(12-5-1-2-6-12)20-17(21)14-9-10-19-15-8-4-3-7-13(14)15/h3-4,7-10,12,16H,1-2,5-6,11,18H2,(H,20,21). The molecule has 1 aromatic carbocycles. The monoisotopic (exact) mass is 283 g/mol. The molecule has 21 heavy (non-hydrogen) atoms. The lowest BCUT2D eigenvalue weighted by molar-refractivity contribution is 0.0926. The highest BCUT2D eigenvalue weighted by Crippen LogP contribution is 2.27. The molecule has 0 radical (unpaired) electrons. The van der Waals surface area contributed by atoms with Crippen LogP contribution in [-0.2, 0) is 0 Å². The quantitative estimate of drug-likeness (QED) is 0.905. The maximum absolute atomic E-state index is 12.6. The number of nitrogens with two attached hydrogens (primary N) is 1. The zero-order valence-electron chi connectivity index (χ0n) is 12.1. The molecule has 1 aromatic heterocycles. The van der Waals surface area contributed by atoms with Gasteiger partial charge in [0.15, 0.2) is 0 Å². The Morgan fingerprint density at radius 2 is 2.05 bits per heavy atom. The molecule has 3 rings (SSSR count). The number of hydrogen-bond acceptors (Lipinski definition) is 3. The first-order valence-electron chi connectivity index (χ1n) is 7.64. The topological polar surface area (TPSA) is 68.0 Å². The lowest BCUT2D eigenvalue weighted by Crippen LogP contribution is -2.44. The molecule has 0 spiro atoms. The van der Waals surface area contributed by atoms with Crippen LogP contribution in [0.25, 0.3) is 10.9 Å². The fourth-order valence-electron chi connectivity index (χ4n) is 3.27. The van der Waals surface area contributed by atoms with Crippen molar-refractivity contribution in [2.45, 2.75) is 31.7 Å². The van der Waals surface area contributed by atoms with Crippen LogP contribution in [0.5, 0.6) is 0 Å². The van der Waals surface area contributed by atoms with Crippen molar-refractivity contribution >= 4 is 16.8 Å². The highest BCUT2D eigenvalue weighted by molar-refractivity contribution is 6.06. The first-order chi connectivity index (χ1) is 10.3. The van der Waals surface area contributed by atoms with E-state index in [0.717, 1.165) is 10.9 Å². The van der Waals surface area contributed by atoms with E-state index in [-0.39, 0.29) is 11.9 Å². The number of fused-ring (bicyclic) bond motifs is 1. The van der Waals surface area contributed by atoms with Crippen molar-refractivity contribution in [3.8, 4) is 0 Å². The van der Waals surface area contributed by atoms with Crippen molar-refractivity contribution in [1.82, 2.24) is 10.3 Å². The van der Waals surface area contributed by atoms with Crippen molar-refractivity contribution in [2.75, 3.05) is 6.54 Å². The van der Waals surface area contributed by atoms with E-state index in [1.54, 1.807) is 12.3 Å². The van der Waals surface area contributed by atoms with Gasteiger partial charge in [-0.15, -0.1) is 0 Å². The second-order valence-electron chi connectivity index (χ2n) is 5.74. The maximum Gasteiger partial charge on any atom is 0.252 e. The molecule has 1 aliphatic carbocycles. The van der Waals surface area contributed by atoms with Crippen LogP contribution in [0.4, 0.5) is 0 Å². The molecule has 1 amide bonds. The first kappa shape index (κ1) is 14.0. The van der Waals surface area contributed by atoms with Gasteiger partial charge in [0.1, 0.15) is 0 Å². The Bertz CT molecular complexity index is 629. The Hall–Kier alpha value is -1.94. The second-order valence-corrected chi connectivity index (χ2v) is 5.74. The number of carbonyl (C=O) groups is 1. The number of pyridine rings is 1. The van der Waals surface area contributed by atoms with Gasteiger partial charge in [0.05, 0.1) is 11.1 Å². The van der Waals surface area contributed by atoms with Crippen LogP contribution < -0.4 is 11.1 Å². The number of carbonyl (C=O) groups excluding carboxylic acids is 1. The predicted octanol–water partition coefficient (Wildman–Crippen LogP) is 2.48. The number of nitrogens with zero attached hydrogens (tertiary/aromatic N) is 1. The molecule has 0 aliphatic heterocycles. The first-order valence-corrected chi connectivity index (χ1v) is 7.64. The highest BCUT2D eigenvalue weighted by Gasteiger charge is 2.25. The number of nitrogens with one attached hydrogen (secondary N) is 1. The van der Waals surface area contributed by atoms with Crippen LogP contribution in [0.15, 0.2) is 36.5 Å². The molecular formula is C17H21N3O. The number of para-hydroxylation sites is 1. The van der Waals surface area contributed by atoms with Gasteiger partial charge in [0.2, 0.25) is 0 Å². The average molecular weight is 283 g/mol. The molecule has 4 nitrogen and oxygen atoms in total. The average Bonchev–Trinajstić information content (AvgIpc) is 3.06. The SMILES string of the molecule is NCC(NC(=O)c1ccnc2ccccc12)C1CCCC1. The summed E-state index contributed by atoms with van der Waals surface area (Å²) in [6, 6.07) is 9.57. The summed E-state index contributed by atoms with van der Waals surface area (Å²) < 4.78 is 0. The number of amides is 1. The molecule has 110 valence electrons. The molecule has 1 heterocycles. The Morgan fingerprint density at radius 1 is 1.29 bits per heavy atom. The van der Waals surface area contributed by atoms with Crippen LogP contribution in [-0.4, -0.2) is 23.5 Å². The van der Waals surface area contributed by atoms with Gasteiger partial charge >= 0.3 is 0 Å². The summed E-state index contributed by atoms with van der Waals surface area (Å²) in [5, 5.41) is 4.01. The molecule has 1 unspecified atom stereocenters. The predicted molar refractivity (Wildman–Crippen MR) is 84.0 cm³/mol. The van der Waals surface area contributed by atoms with Crippen molar-refractivity contribution < 1.29 is 4.79 Å². The fourth-order valence-corrected chi connectivity index (χ4v) is 3.27. The third-order valence-electron chi connectivity index (χ3n) is 4.43. The van der Waals surface area contributed by atoms with E-state index in [0.29, 0.717) is 18.0 Å². The van der Waals surface area contributed by atoms with E-state index in [4.69, 9.17) is 5.73 Å². The van der Waals surface area contributed by atoms with E-state index >= 15 is 0 Å². The summed E-state index contributed by atoms with van der Waals surface area (Å²) in [5.74, 6) is 0.475. The van der Waals surface area contributed by atoms with Crippen LogP contribution in [0.2, 0.25) is 0 Å². The number of aromatic nitrogens is 1. The van der Waals surface area contributed by atoms with Gasteiger partial charge in [0.25, 0.3) is 5.91 Å². The summed E-state index contributed by atoms with van der Waals surface area (Å²) in [7, 11) is 0. The Labute approximate surface area is 124 Å². The Kier molecular flexibility index (Phi) is 4.15. The largest absolute Gasteiger partial charge is 0.348 e. The molecule has 1 saturated carbocycles. The van der Waals surface area contributed by atoms with E-state index in [2.05, 4.69) is 10.3 Å². The molecular weight excluding hydrogens is 262 g/mol. The second kappa shape index (κ2) is 6.22. The maximum atomic E-state index is 12.6. The van der Waals surface area contributed by atoms with Gasteiger partial charge in [-0.05, 0) is 30.9 Å². The van der Waals surface area contributed by atoms with E-state index < -0.39 is 0 Å². The Balaban J connectivity index is 1.83. The van der Waals surface area contributed by atoms with Crippen LogP contribution in [0.1, 0.15) is 36.0 Å². The van der Waals surface area contributed by atoms with Crippen molar-refractivity contribution in [2.24, 2.45) is 11.7 Å². The summed E-state index contributed by atoms with van der Waals surface area (Å²) in [4.78, 5) is 16.9. The lowest BCUT2D eigenvalue weighted by Gasteiger charge is -2.23. The third kappa shape index (κ3) is 2.90. The van der Waals surface area contributed by atoms with E-state index in [9.17, 15) is 4.79 Å². The normalized spacial score (nSPS) is 17.0. The van der Waals surface area contributed by atoms with Gasteiger partial charge in [0, 0.05) is 24.2 Å². The molecule has 4 heteroatoms. The van der Waals surface area contributed by atoms with Gasteiger partial charge in [-0.25, -0.2) is 0 Å². The minimum atomic E-state index is -0.0454. The lowest BCUT2D eigenvalue weighted by atomic mass is 9.97. The van der Waals surface area contributed by atoms with Gasteiger partial charge < -0.3 is 11.1 Å². The van der Waals surface area contributed by atoms with Gasteiger partial charge in [-0.1, -0.05) is 31.0 Å². The minimum Gasteiger partial charge on any atom is -0.348 e. The van der Waals surface area contributed by atoms with Crippen LogP contribution >= 0.6 is 0 Å². The summed E-state index contributed by atoms with van der Waals surface area (Å²) in [6.45, 7) is 0.499. The summed E-state index contributed by atoms with van der Waals surface area (Å²) in [5.41, 5.74) is 7.39. The molecule has 1 atom stereocenters. The minimum absolute atomic E-state index is 0.0454. The molecule has 0 saturated heterocycles. The van der Waals surface area contributed by atoms with Crippen LogP contribution in [0.3, 0.4) is 0 Å². The molecule has 0 bridgehead atoms. The van der Waals surface area contributed by atoms with Gasteiger partial charge in [-0.3, -0.25) is 9.78 Å². The highest BCUT2D eigenvalue weighted by atomic mass is 16.1. The summed E-state index contributed by atoms with van der Waals surface area (Å²) >= 11 is 0. The molecule has 1 fully saturated rings. The zero-order valence-corrected chi connectivity index (χ0v) is 12.1. The van der Waals surface area contributed by atoms with Crippen molar-refractivity contribution in [3.63, 3.8) is 0 Å². The third-order valence-corrected chi connectivity index (χ3v) is 4.43. The fraction of sp³-hybridized carbons (Fsp3) is 0.412. The summed E-state index contributed by atoms with van der Waals surface area (Å²) in [6.07, 6.45) is 6.51. The van der Waals surface area contributed by atoms with Crippen molar-refractivity contribution in [3.05, 3.63) is 42.1 Å². The van der Waals surface area contributed by atoms with E-state index in [1.807, 2.05) is 24.3 Å². The smallest absolute Gasteiger partial charge is 0.252 e. The molecule has 3 N–H and O–H groups in total. The number of hydrogen-bond donors (Lipinski definition) is 2. The number of benzene rings is 1. The number of rotatable bonds is 4. The van der Waals surface area contributed by atoms with Gasteiger partial charge in [-0.2, -0.15) is 0 Å². The van der Waals surface area contributed by atoms with Crippen LogP contribution in [0, 0.1) is 5.92 Å². The zero-order chi connectivity index (χ0) is 14.7. The molecule has 2 aromatic rings. The van der Waals surface area contributed by atoms with Crippen molar-refractivity contribution in [1.29, 1.82) is 0 Å².